The normalized spacial score (nSPS) is 21.9. The molecule has 2 atom stereocenters. The summed E-state index contributed by atoms with van der Waals surface area (Å²) in [5.74, 6) is 1.69. The number of nitrogens with zero attached hydrogens (tertiary/aromatic N) is 4. The molecule has 4 rings (SSSR count). The minimum atomic E-state index is -3.27. The van der Waals surface area contributed by atoms with E-state index in [9.17, 15) is 8.42 Å². The maximum absolute atomic E-state index is 12.2. The molecule has 2 aliphatic rings. The number of ether oxygens (including phenoxy) is 3. The van der Waals surface area contributed by atoms with Gasteiger partial charge in [0.15, 0.2) is 5.75 Å². The van der Waals surface area contributed by atoms with E-state index < -0.39 is 10.0 Å². The highest BCUT2D eigenvalue weighted by Crippen LogP contribution is 2.32. The van der Waals surface area contributed by atoms with E-state index in [-0.39, 0.29) is 12.1 Å². The lowest BCUT2D eigenvalue weighted by Crippen LogP contribution is -2.49. The molecular weight excluding hydrogens is 432 g/mol. The minimum absolute atomic E-state index is 0.0257. The van der Waals surface area contributed by atoms with Crippen LogP contribution in [0.3, 0.4) is 0 Å². The second-order valence-electron chi connectivity index (χ2n) is 8.19. The highest BCUT2D eigenvalue weighted by Gasteiger charge is 2.31. The van der Waals surface area contributed by atoms with E-state index in [0.717, 1.165) is 24.8 Å². The van der Waals surface area contributed by atoms with Crippen molar-refractivity contribution in [3.8, 4) is 11.6 Å². The maximum Gasteiger partial charge on any atom is 0.259 e. The van der Waals surface area contributed by atoms with Crippen LogP contribution in [0.1, 0.15) is 24.8 Å². The monoisotopic (exact) mass is 462 g/mol. The second-order valence-corrected chi connectivity index (χ2v) is 10.2. The Labute approximate surface area is 189 Å². The van der Waals surface area contributed by atoms with Crippen LogP contribution in [0.5, 0.6) is 11.6 Å². The Hall–Kier alpha value is -2.43. The van der Waals surface area contributed by atoms with Gasteiger partial charge in [0.25, 0.3) is 5.88 Å². The molecule has 0 bridgehead atoms. The molecule has 0 spiro atoms. The van der Waals surface area contributed by atoms with Gasteiger partial charge in [-0.15, -0.1) is 0 Å². The quantitative estimate of drug-likeness (QED) is 0.589. The fraction of sp³-hybridized carbons (Fsp3) is 0.545. The van der Waals surface area contributed by atoms with Crippen molar-refractivity contribution in [1.82, 2.24) is 14.3 Å². The summed E-state index contributed by atoms with van der Waals surface area (Å²) in [4.78, 5) is 11.2. The number of sulfonamides is 1. The summed E-state index contributed by atoms with van der Waals surface area (Å²) in [5, 5.41) is 0. The van der Waals surface area contributed by atoms with Gasteiger partial charge in [0, 0.05) is 44.5 Å². The molecule has 10 heteroatoms. The number of aromatic nitrogens is 2. The Morgan fingerprint density at radius 2 is 2.16 bits per heavy atom. The fourth-order valence-corrected chi connectivity index (χ4v) is 5.05. The first-order valence-corrected chi connectivity index (χ1v) is 12.7. The maximum atomic E-state index is 12.2. The molecule has 0 aliphatic carbocycles. The van der Waals surface area contributed by atoms with Gasteiger partial charge in [0.1, 0.15) is 11.9 Å². The van der Waals surface area contributed by atoms with Gasteiger partial charge in [0.05, 0.1) is 26.6 Å². The van der Waals surface area contributed by atoms with Crippen molar-refractivity contribution in [2.75, 3.05) is 44.6 Å². The van der Waals surface area contributed by atoms with E-state index in [2.05, 4.69) is 9.88 Å². The van der Waals surface area contributed by atoms with Crippen LogP contribution in [0, 0.1) is 0 Å². The van der Waals surface area contributed by atoms with Crippen molar-refractivity contribution in [3.05, 3.63) is 42.2 Å². The van der Waals surface area contributed by atoms with Gasteiger partial charge < -0.3 is 19.1 Å². The number of piperidine rings is 1. The zero-order valence-electron chi connectivity index (χ0n) is 18.5. The van der Waals surface area contributed by atoms with Crippen LogP contribution in [-0.2, 0) is 21.3 Å². The van der Waals surface area contributed by atoms with Crippen LogP contribution >= 0.6 is 0 Å². The number of rotatable bonds is 8. The Bertz CT molecular complexity index is 999. The van der Waals surface area contributed by atoms with Gasteiger partial charge in [-0.3, -0.25) is 4.98 Å². The molecule has 9 nitrogen and oxygen atoms in total. The fourth-order valence-electron chi connectivity index (χ4n) is 4.14. The average Bonchev–Trinajstić information content (AvgIpc) is 3.31. The summed E-state index contributed by atoms with van der Waals surface area (Å²) in [7, 11) is -1.68. The van der Waals surface area contributed by atoms with Gasteiger partial charge in [-0.2, -0.15) is 4.98 Å². The van der Waals surface area contributed by atoms with E-state index >= 15 is 0 Å². The first kappa shape index (κ1) is 22.8. The number of hydrogen-bond acceptors (Lipinski definition) is 8. The van der Waals surface area contributed by atoms with Crippen molar-refractivity contribution in [2.24, 2.45) is 0 Å². The lowest BCUT2D eigenvalue weighted by Gasteiger charge is -2.39. The lowest BCUT2D eigenvalue weighted by atomic mass is 10.0. The summed E-state index contributed by atoms with van der Waals surface area (Å²) >= 11 is 0. The first-order chi connectivity index (χ1) is 15.4. The molecule has 1 unspecified atom stereocenters. The highest BCUT2D eigenvalue weighted by molar-refractivity contribution is 7.88. The zero-order valence-corrected chi connectivity index (χ0v) is 19.3. The van der Waals surface area contributed by atoms with E-state index in [0.29, 0.717) is 50.3 Å². The smallest absolute Gasteiger partial charge is 0.259 e. The summed E-state index contributed by atoms with van der Waals surface area (Å²) in [6, 6.07) is 7.62. The number of pyridine rings is 2. The minimum Gasteiger partial charge on any atom is -0.491 e. The van der Waals surface area contributed by atoms with Gasteiger partial charge in [0.2, 0.25) is 10.0 Å². The summed E-state index contributed by atoms with van der Waals surface area (Å²) in [6.45, 7) is 2.71. The van der Waals surface area contributed by atoms with E-state index in [1.54, 1.807) is 17.6 Å². The van der Waals surface area contributed by atoms with E-state index in [4.69, 9.17) is 19.2 Å². The van der Waals surface area contributed by atoms with Crippen molar-refractivity contribution in [1.29, 1.82) is 0 Å². The van der Waals surface area contributed by atoms with Crippen molar-refractivity contribution < 1.29 is 22.6 Å². The number of hydrogen-bond donors (Lipinski definition) is 0. The van der Waals surface area contributed by atoms with Crippen LogP contribution in [-0.4, -0.2) is 74.5 Å². The van der Waals surface area contributed by atoms with Gasteiger partial charge >= 0.3 is 0 Å². The number of anilines is 1. The molecule has 2 aromatic heterocycles. The number of methoxy groups -OCH3 is 1. The average molecular weight is 463 g/mol. The molecule has 4 heterocycles. The molecule has 0 amide bonds. The molecule has 0 radical (unpaired) electrons. The van der Waals surface area contributed by atoms with E-state index in [1.807, 2.05) is 30.5 Å². The second kappa shape index (κ2) is 10.0. The molecule has 2 fully saturated rings. The van der Waals surface area contributed by atoms with Crippen molar-refractivity contribution in [3.63, 3.8) is 0 Å². The molecule has 174 valence electrons. The van der Waals surface area contributed by atoms with Crippen LogP contribution in [0.15, 0.2) is 36.7 Å². The van der Waals surface area contributed by atoms with Crippen molar-refractivity contribution in [2.45, 2.75) is 38.0 Å². The first-order valence-electron chi connectivity index (χ1n) is 10.8. The van der Waals surface area contributed by atoms with Gasteiger partial charge in [-0.05, 0) is 36.6 Å². The molecule has 0 saturated carbocycles. The highest BCUT2D eigenvalue weighted by atomic mass is 32.2. The van der Waals surface area contributed by atoms with Crippen molar-refractivity contribution >= 4 is 15.8 Å². The molecule has 32 heavy (non-hydrogen) atoms. The van der Waals surface area contributed by atoms with Gasteiger partial charge in [-0.1, -0.05) is 6.07 Å². The third-order valence-electron chi connectivity index (χ3n) is 5.84. The Kier molecular flexibility index (Phi) is 7.12. The van der Waals surface area contributed by atoms with Gasteiger partial charge in [-0.25, -0.2) is 12.7 Å². The Morgan fingerprint density at radius 3 is 2.84 bits per heavy atom. The van der Waals surface area contributed by atoms with E-state index in [1.165, 1.54) is 6.26 Å². The molecule has 2 saturated heterocycles. The summed E-state index contributed by atoms with van der Waals surface area (Å²) in [5.41, 5.74) is 1.02. The molecule has 2 aromatic rings. The lowest BCUT2D eigenvalue weighted by molar-refractivity contribution is 0.135. The zero-order chi connectivity index (χ0) is 22.6. The Morgan fingerprint density at radius 1 is 1.28 bits per heavy atom. The summed E-state index contributed by atoms with van der Waals surface area (Å²) in [6.07, 6.45) is 7.23. The Balaban J connectivity index is 1.66. The third kappa shape index (κ3) is 5.48. The predicted octanol–water partition coefficient (Wildman–Crippen LogP) is 2.08. The van der Waals surface area contributed by atoms with Crippen LogP contribution in [0.25, 0.3) is 0 Å². The standard InChI is InChI=1S/C22H30N4O5S/c1-29-20-7-8-21(24-22(20)31-19-9-12-30-16-19)26(14-17-5-3-10-23-13-17)18-6-4-11-25(15-18)32(2,27)28/h3,5,7-8,10,13,18-19H,4,6,9,11-12,14-16H2,1-2H3/t18?,19-/m1/s1. The molecule has 0 N–H and O–H groups in total. The molecule has 0 aromatic carbocycles. The van der Waals surface area contributed by atoms with Crippen LogP contribution in [0.4, 0.5) is 5.82 Å². The summed E-state index contributed by atoms with van der Waals surface area (Å²) < 4.78 is 43.0. The molecule has 2 aliphatic heterocycles. The topological polar surface area (TPSA) is 94.1 Å². The third-order valence-corrected chi connectivity index (χ3v) is 7.11. The van der Waals surface area contributed by atoms with Crippen LogP contribution < -0.4 is 14.4 Å². The largest absolute Gasteiger partial charge is 0.491 e. The van der Waals surface area contributed by atoms with Crippen LogP contribution in [0.2, 0.25) is 0 Å². The molecular formula is C22H30N4O5S. The predicted molar refractivity (Wildman–Crippen MR) is 120 cm³/mol. The SMILES string of the molecule is COc1ccc(N(Cc2cccnc2)C2CCCN(S(C)(=O)=O)C2)nc1O[C@@H]1CCOC1.